The number of halogens is 1. The lowest BCUT2D eigenvalue weighted by molar-refractivity contribution is -0.157. The quantitative estimate of drug-likeness (QED) is 0.352. The number of esters is 1. The highest BCUT2D eigenvalue weighted by Crippen LogP contribution is 2.34. The number of hydrogen-bond donors (Lipinski definition) is 2. The van der Waals surface area contributed by atoms with E-state index in [9.17, 15) is 22.4 Å². The van der Waals surface area contributed by atoms with Gasteiger partial charge >= 0.3 is 5.97 Å². The van der Waals surface area contributed by atoms with Gasteiger partial charge < -0.3 is 10.1 Å². The standard InChI is InChI=1S/C29H41FN2O5S/c1-20(23-13-14-25(24(30)16-23)32-38(7,35)36)26(33)31-17-22(15-21-11-9-8-10-12-21)18-37-27(34)29(5,6)19-28(2,3)4/h8-14,16,20,22,32H,15,17-19H2,1-7H3,(H,31,33)/t20-,22-/m1/s1. The van der Waals surface area contributed by atoms with E-state index in [0.717, 1.165) is 17.9 Å². The Bertz CT molecular complexity index is 1210. The van der Waals surface area contributed by atoms with Crippen molar-refractivity contribution in [3.05, 3.63) is 65.5 Å². The third kappa shape index (κ3) is 10.4. The molecular weight excluding hydrogens is 507 g/mol. The fraction of sp³-hybridized carbons (Fsp3) is 0.517. The van der Waals surface area contributed by atoms with Gasteiger partial charge in [0.2, 0.25) is 15.9 Å². The molecule has 2 aromatic carbocycles. The van der Waals surface area contributed by atoms with Gasteiger partial charge in [-0.2, -0.15) is 0 Å². The predicted molar refractivity (Wildman–Crippen MR) is 149 cm³/mol. The molecule has 0 unspecified atom stereocenters. The average molecular weight is 549 g/mol. The molecule has 0 fully saturated rings. The van der Waals surface area contributed by atoms with Crippen molar-refractivity contribution in [1.29, 1.82) is 0 Å². The number of amides is 1. The van der Waals surface area contributed by atoms with Gasteiger partial charge in [-0.25, -0.2) is 12.8 Å². The molecule has 7 nitrogen and oxygen atoms in total. The summed E-state index contributed by atoms with van der Waals surface area (Å²) < 4.78 is 45.1. The van der Waals surface area contributed by atoms with Gasteiger partial charge in [0, 0.05) is 12.5 Å². The maximum absolute atomic E-state index is 14.4. The van der Waals surface area contributed by atoms with Crippen LogP contribution >= 0.6 is 0 Å². The van der Waals surface area contributed by atoms with Gasteiger partial charge in [-0.05, 0) is 62.3 Å². The van der Waals surface area contributed by atoms with Crippen LogP contribution in [-0.4, -0.2) is 39.7 Å². The molecule has 2 N–H and O–H groups in total. The number of anilines is 1. The van der Waals surface area contributed by atoms with Gasteiger partial charge in [-0.1, -0.05) is 57.2 Å². The summed E-state index contributed by atoms with van der Waals surface area (Å²) in [6, 6.07) is 13.7. The molecule has 2 aromatic rings. The molecule has 0 aromatic heterocycles. The Kier molecular flexibility index (Phi) is 10.5. The first-order chi connectivity index (χ1) is 17.5. The number of rotatable bonds is 12. The van der Waals surface area contributed by atoms with Crippen LogP contribution in [0, 0.1) is 22.6 Å². The smallest absolute Gasteiger partial charge is 0.311 e. The van der Waals surface area contributed by atoms with Crippen molar-refractivity contribution >= 4 is 27.6 Å². The zero-order chi connectivity index (χ0) is 28.7. The Balaban J connectivity index is 2.07. The van der Waals surface area contributed by atoms with Gasteiger partial charge in [0.05, 0.1) is 29.9 Å². The summed E-state index contributed by atoms with van der Waals surface area (Å²) in [4.78, 5) is 25.8. The van der Waals surface area contributed by atoms with Crippen LogP contribution in [0.15, 0.2) is 48.5 Å². The van der Waals surface area contributed by atoms with Crippen LogP contribution < -0.4 is 10.0 Å². The lowest BCUT2D eigenvalue weighted by Crippen LogP contribution is -2.37. The van der Waals surface area contributed by atoms with E-state index in [1.54, 1.807) is 6.92 Å². The molecule has 0 saturated heterocycles. The second kappa shape index (κ2) is 12.7. The van der Waals surface area contributed by atoms with E-state index in [2.05, 4.69) is 30.8 Å². The van der Waals surface area contributed by atoms with Crippen LogP contribution in [0.5, 0.6) is 0 Å². The first-order valence-electron chi connectivity index (χ1n) is 12.7. The van der Waals surface area contributed by atoms with Crippen LogP contribution in [0.2, 0.25) is 0 Å². The predicted octanol–water partition coefficient (Wildman–Crippen LogP) is 5.28. The highest BCUT2D eigenvalue weighted by Gasteiger charge is 2.34. The third-order valence-corrected chi connectivity index (χ3v) is 6.68. The topological polar surface area (TPSA) is 102 Å². The van der Waals surface area contributed by atoms with Crippen molar-refractivity contribution in [2.24, 2.45) is 16.7 Å². The van der Waals surface area contributed by atoms with E-state index >= 15 is 0 Å². The highest BCUT2D eigenvalue weighted by atomic mass is 32.2. The van der Waals surface area contributed by atoms with Gasteiger partial charge in [0.25, 0.3) is 0 Å². The summed E-state index contributed by atoms with van der Waals surface area (Å²) in [7, 11) is -3.63. The zero-order valence-corrected chi connectivity index (χ0v) is 24.2. The molecular formula is C29H41FN2O5S. The number of nitrogens with one attached hydrogen (secondary N) is 2. The van der Waals surface area contributed by atoms with Crippen LogP contribution in [0.1, 0.15) is 65.0 Å². The second-order valence-corrected chi connectivity index (χ2v) is 13.6. The molecule has 0 heterocycles. The van der Waals surface area contributed by atoms with Crippen molar-refractivity contribution < 1.29 is 27.1 Å². The molecule has 9 heteroatoms. The molecule has 210 valence electrons. The molecule has 0 bridgehead atoms. The van der Waals surface area contributed by atoms with Crippen molar-refractivity contribution in [2.75, 3.05) is 24.1 Å². The Morgan fingerprint density at radius 3 is 2.21 bits per heavy atom. The average Bonchev–Trinajstić information content (AvgIpc) is 2.79. The summed E-state index contributed by atoms with van der Waals surface area (Å²) in [5.74, 6) is -2.20. The molecule has 0 spiro atoms. The van der Waals surface area contributed by atoms with Gasteiger partial charge in [-0.3, -0.25) is 14.3 Å². The summed E-state index contributed by atoms with van der Waals surface area (Å²) in [6.07, 6.45) is 2.21. The summed E-state index contributed by atoms with van der Waals surface area (Å²) in [5.41, 5.74) is 0.613. The first kappa shape index (κ1) is 31.3. The van der Waals surface area contributed by atoms with E-state index in [0.29, 0.717) is 18.4 Å². The van der Waals surface area contributed by atoms with E-state index < -0.39 is 27.2 Å². The minimum atomic E-state index is -3.63. The van der Waals surface area contributed by atoms with Crippen molar-refractivity contribution in [2.45, 2.75) is 60.3 Å². The lowest BCUT2D eigenvalue weighted by atomic mass is 9.76. The number of hydrogen-bond acceptors (Lipinski definition) is 5. The minimum absolute atomic E-state index is 0.0331. The molecule has 0 saturated carbocycles. The molecule has 0 aliphatic rings. The monoisotopic (exact) mass is 548 g/mol. The fourth-order valence-corrected chi connectivity index (χ4v) is 5.12. The number of carbonyl (C=O) groups excluding carboxylic acids is 2. The fourth-order valence-electron chi connectivity index (χ4n) is 4.56. The van der Waals surface area contributed by atoms with Crippen LogP contribution in [0.25, 0.3) is 0 Å². The Labute approximate surface area is 226 Å². The van der Waals surface area contributed by atoms with Gasteiger partial charge in [-0.15, -0.1) is 0 Å². The summed E-state index contributed by atoms with van der Waals surface area (Å²) in [5, 5.41) is 2.91. The maximum Gasteiger partial charge on any atom is 0.311 e. The minimum Gasteiger partial charge on any atom is -0.465 e. The molecule has 0 radical (unpaired) electrons. The largest absolute Gasteiger partial charge is 0.465 e. The van der Waals surface area contributed by atoms with Crippen molar-refractivity contribution in [3.63, 3.8) is 0 Å². The number of sulfonamides is 1. The van der Waals surface area contributed by atoms with E-state index in [-0.39, 0.29) is 42.0 Å². The number of carbonyl (C=O) groups is 2. The molecule has 0 aliphatic carbocycles. The normalized spacial score (nSPS) is 13.9. The number of ether oxygens (including phenoxy) is 1. The molecule has 2 rings (SSSR count). The molecule has 1 amide bonds. The maximum atomic E-state index is 14.4. The zero-order valence-electron chi connectivity index (χ0n) is 23.4. The van der Waals surface area contributed by atoms with Crippen molar-refractivity contribution in [3.8, 4) is 0 Å². The van der Waals surface area contributed by atoms with Gasteiger partial charge in [0.1, 0.15) is 5.82 Å². The Morgan fingerprint density at radius 1 is 1.03 bits per heavy atom. The van der Waals surface area contributed by atoms with Gasteiger partial charge in [0.15, 0.2) is 0 Å². The Morgan fingerprint density at radius 2 is 1.66 bits per heavy atom. The third-order valence-electron chi connectivity index (χ3n) is 6.09. The van der Waals surface area contributed by atoms with Crippen molar-refractivity contribution in [1.82, 2.24) is 5.32 Å². The SMILES string of the molecule is C[C@@H](C(=O)NC[C@H](COC(=O)C(C)(C)CC(C)(C)C)Cc1ccccc1)c1ccc(NS(C)(=O)=O)c(F)c1. The molecule has 38 heavy (non-hydrogen) atoms. The first-order valence-corrected chi connectivity index (χ1v) is 14.6. The molecule has 0 aliphatic heterocycles. The van der Waals surface area contributed by atoms with E-state index in [1.165, 1.54) is 12.1 Å². The van der Waals surface area contributed by atoms with Crippen LogP contribution in [0.4, 0.5) is 10.1 Å². The summed E-state index contributed by atoms with van der Waals surface area (Å²) >= 11 is 0. The molecule has 2 atom stereocenters. The Hall–Kier alpha value is -2.94. The van der Waals surface area contributed by atoms with E-state index in [1.807, 2.05) is 44.2 Å². The van der Waals surface area contributed by atoms with Crippen LogP contribution in [0.3, 0.4) is 0 Å². The van der Waals surface area contributed by atoms with E-state index in [4.69, 9.17) is 4.74 Å². The lowest BCUT2D eigenvalue weighted by Gasteiger charge is -2.31. The second-order valence-electron chi connectivity index (χ2n) is 11.9. The number of benzene rings is 2. The summed E-state index contributed by atoms with van der Waals surface area (Å²) in [6.45, 7) is 12.1. The van der Waals surface area contributed by atoms with Crippen LogP contribution in [-0.2, 0) is 30.8 Å². The highest BCUT2D eigenvalue weighted by molar-refractivity contribution is 7.92.